The van der Waals surface area contributed by atoms with Gasteiger partial charge in [0.2, 0.25) is 10.0 Å². The summed E-state index contributed by atoms with van der Waals surface area (Å²) in [5.74, 6) is 0. The summed E-state index contributed by atoms with van der Waals surface area (Å²) < 4.78 is 21.7. The summed E-state index contributed by atoms with van der Waals surface area (Å²) >= 11 is 11.2. The van der Waals surface area contributed by atoms with E-state index in [2.05, 4.69) is 0 Å². The van der Waals surface area contributed by atoms with Crippen LogP contribution in [0.25, 0.3) is 0 Å². The molecule has 0 bridgehead atoms. The van der Waals surface area contributed by atoms with E-state index in [-0.39, 0.29) is 44.5 Å². The summed E-state index contributed by atoms with van der Waals surface area (Å²) in [5, 5.41) is 4.99. The van der Waals surface area contributed by atoms with Crippen LogP contribution in [0.2, 0.25) is 10.0 Å². The minimum Gasteiger partial charge on any atom is -0.225 e. The second-order valence-corrected chi connectivity index (χ2v) is 4.41. The molecule has 0 aromatic heterocycles. The first-order chi connectivity index (χ1) is 5.43. The van der Waals surface area contributed by atoms with Gasteiger partial charge >= 0.3 is 0 Å². The number of halogens is 2. The molecule has 1 aromatic rings. The molecule has 0 unspecified atom stereocenters. The molecule has 0 aliphatic rings. The third kappa shape index (κ3) is 3.40. The van der Waals surface area contributed by atoms with Crippen LogP contribution in [0.15, 0.2) is 23.1 Å². The van der Waals surface area contributed by atoms with Gasteiger partial charge in [-0.2, -0.15) is 0 Å². The molecule has 3 nitrogen and oxygen atoms in total. The van der Waals surface area contributed by atoms with E-state index in [1.165, 1.54) is 18.2 Å². The predicted octanol–water partition coefficient (Wildman–Crippen LogP) is 1.26. The topological polar surface area (TPSA) is 60.2 Å². The Labute approximate surface area is 109 Å². The number of hydrogen-bond acceptors (Lipinski definition) is 2. The van der Waals surface area contributed by atoms with Gasteiger partial charge in [-0.25, -0.2) is 13.6 Å². The van der Waals surface area contributed by atoms with E-state index in [4.69, 9.17) is 28.3 Å². The van der Waals surface area contributed by atoms with Gasteiger partial charge in [0.15, 0.2) is 0 Å². The van der Waals surface area contributed by atoms with Gasteiger partial charge in [0.1, 0.15) is 4.90 Å². The fourth-order valence-electron chi connectivity index (χ4n) is 0.704. The maximum absolute atomic E-state index is 10.8. The van der Waals surface area contributed by atoms with Crippen molar-refractivity contribution in [3.63, 3.8) is 0 Å². The van der Waals surface area contributed by atoms with Gasteiger partial charge < -0.3 is 0 Å². The van der Waals surface area contributed by atoms with E-state index in [0.29, 0.717) is 0 Å². The predicted molar refractivity (Wildman–Crippen MR) is 53.6 cm³/mol. The summed E-state index contributed by atoms with van der Waals surface area (Å²) in [6.07, 6.45) is 0. The molecule has 0 saturated heterocycles. The zero-order valence-electron chi connectivity index (χ0n) is 6.79. The molecule has 2 N–H and O–H groups in total. The van der Waals surface area contributed by atoms with Crippen molar-refractivity contribution in [1.29, 1.82) is 0 Å². The van der Waals surface area contributed by atoms with Crippen molar-refractivity contribution >= 4 is 62.8 Å². The number of primary sulfonamides is 1. The van der Waals surface area contributed by atoms with Crippen LogP contribution in [0.4, 0.5) is 0 Å². The number of nitrogens with two attached hydrogens (primary N) is 1. The van der Waals surface area contributed by atoms with Gasteiger partial charge in [-0.1, -0.05) is 29.3 Å². The summed E-state index contributed by atoms with van der Waals surface area (Å²) in [6, 6.07) is 4.25. The molecule has 0 spiro atoms. The molecule has 0 fully saturated rings. The number of benzene rings is 1. The van der Waals surface area contributed by atoms with Crippen molar-refractivity contribution in [3.05, 3.63) is 28.2 Å². The van der Waals surface area contributed by atoms with E-state index in [1.54, 1.807) is 0 Å². The fourth-order valence-corrected chi connectivity index (χ4v) is 2.01. The summed E-state index contributed by atoms with van der Waals surface area (Å²) in [7, 11) is -3.77. The van der Waals surface area contributed by atoms with Crippen LogP contribution >= 0.6 is 23.2 Å². The molecule has 1 aromatic carbocycles. The van der Waals surface area contributed by atoms with Gasteiger partial charge in [0.25, 0.3) is 0 Å². The summed E-state index contributed by atoms with van der Waals surface area (Å²) in [5.41, 5.74) is 0. The molecular formula is C6H5Cl2NNaO2S. The molecule has 1 radical (unpaired) electrons. The Kier molecular flexibility index (Phi) is 5.25. The smallest absolute Gasteiger partial charge is 0.225 e. The van der Waals surface area contributed by atoms with E-state index < -0.39 is 10.0 Å². The molecule has 0 aliphatic carbocycles. The van der Waals surface area contributed by atoms with Crippen molar-refractivity contribution in [2.45, 2.75) is 4.90 Å². The van der Waals surface area contributed by atoms with Crippen LogP contribution in [0.5, 0.6) is 0 Å². The van der Waals surface area contributed by atoms with Crippen molar-refractivity contribution < 1.29 is 8.42 Å². The van der Waals surface area contributed by atoms with Crippen molar-refractivity contribution in [2.24, 2.45) is 5.14 Å². The first-order valence-electron chi connectivity index (χ1n) is 2.90. The first kappa shape index (κ1) is 13.7. The zero-order chi connectivity index (χ0) is 9.35. The average Bonchev–Trinajstić information content (AvgIpc) is 1.92. The minimum atomic E-state index is -3.77. The molecule has 0 saturated carbocycles. The third-order valence-electron chi connectivity index (χ3n) is 1.22. The Bertz CT molecular complexity index is 407. The number of rotatable bonds is 1. The maximum Gasteiger partial charge on any atom is 0.239 e. The van der Waals surface area contributed by atoms with Crippen LogP contribution < -0.4 is 5.14 Å². The van der Waals surface area contributed by atoms with Crippen LogP contribution in [0.1, 0.15) is 0 Å². The molecule has 13 heavy (non-hydrogen) atoms. The normalized spacial score (nSPS) is 10.7. The monoisotopic (exact) mass is 248 g/mol. The Morgan fingerprint density at radius 1 is 1.23 bits per heavy atom. The Morgan fingerprint density at radius 2 is 1.77 bits per heavy atom. The van der Waals surface area contributed by atoms with Gasteiger partial charge in [0, 0.05) is 29.6 Å². The molecular weight excluding hydrogens is 244 g/mol. The molecule has 0 heterocycles. The van der Waals surface area contributed by atoms with Gasteiger partial charge in [-0.05, 0) is 12.1 Å². The molecule has 67 valence electrons. The van der Waals surface area contributed by atoms with E-state index in [9.17, 15) is 8.42 Å². The number of sulfonamides is 1. The van der Waals surface area contributed by atoms with Gasteiger partial charge in [-0.15, -0.1) is 0 Å². The fraction of sp³-hybridized carbons (Fsp3) is 0. The van der Waals surface area contributed by atoms with Gasteiger partial charge in [-0.3, -0.25) is 0 Å². The maximum atomic E-state index is 10.8. The third-order valence-corrected chi connectivity index (χ3v) is 3.11. The Hall–Kier alpha value is 0.710. The average molecular weight is 249 g/mol. The van der Waals surface area contributed by atoms with Crippen LogP contribution in [0.3, 0.4) is 0 Å². The largest absolute Gasteiger partial charge is 0.239 e. The zero-order valence-corrected chi connectivity index (χ0v) is 11.1. The first-order valence-corrected chi connectivity index (χ1v) is 5.20. The quantitative estimate of drug-likeness (QED) is 0.761. The van der Waals surface area contributed by atoms with E-state index in [1.807, 2.05) is 0 Å². The van der Waals surface area contributed by atoms with E-state index >= 15 is 0 Å². The van der Waals surface area contributed by atoms with Crippen LogP contribution in [-0.2, 0) is 10.0 Å². The Morgan fingerprint density at radius 3 is 2.15 bits per heavy atom. The van der Waals surface area contributed by atoms with Crippen LogP contribution in [-0.4, -0.2) is 38.0 Å². The Balaban J connectivity index is 0.00000144. The standard InChI is InChI=1S/C6H5Cl2NO2S.Na/c7-4-2-1-3-5(6(4)8)12(9,10)11;/h1-3H,(H2,9,10,11);. The second kappa shape index (κ2) is 4.98. The van der Waals surface area contributed by atoms with Gasteiger partial charge in [0.05, 0.1) is 10.0 Å². The molecule has 0 atom stereocenters. The minimum absolute atomic E-state index is 0. The van der Waals surface area contributed by atoms with Crippen molar-refractivity contribution in [2.75, 3.05) is 0 Å². The van der Waals surface area contributed by atoms with E-state index in [0.717, 1.165) is 0 Å². The molecule has 7 heteroatoms. The van der Waals surface area contributed by atoms with Crippen molar-refractivity contribution in [3.8, 4) is 0 Å². The van der Waals surface area contributed by atoms with Crippen molar-refractivity contribution in [1.82, 2.24) is 0 Å². The van der Waals surface area contributed by atoms with Crippen LogP contribution in [0, 0.1) is 0 Å². The number of hydrogen-bond donors (Lipinski definition) is 1. The summed E-state index contributed by atoms with van der Waals surface area (Å²) in [4.78, 5) is -0.156. The molecule has 1 rings (SSSR count). The molecule has 0 amide bonds. The SMILES string of the molecule is NS(=O)(=O)c1cccc(Cl)c1Cl.[Na]. The second-order valence-electron chi connectivity index (χ2n) is 2.10. The molecule has 0 aliphatic heterocycles. The summed E-state index contributed by atoms with van der Waals surface area (Å²) in [6.45, 7) is 0.